The fourth-order valence-corrected chi connectivity index (χ4v) is 4.78. The Hall–Kier alpha value is -2.83. The first-order valence-electron chi connectivity index (χ1n) is 10.6. The third kappa shape index (κ3) is 3.09. The van der Waals surface area contributed by atoms with E-state index in [4.69, 9.17) is 14.7 Å². The highest BCUT2D eigenvalue weighted by Gasteiger charge is 2.27. The first-order chi connectivity index (χ1) is 14.2. The number of benzene rings is 1. The van der Waals surface area contributed by atoms with E-state index in [0.717, 1.165) is 66.1 Å². The van der Waals surface area contributed by atoms with Crippen LogP contribution in [0, 0.1) is 6.92 Å². The minimum Gasteiger partial charge on any atom is -0.497 e. The van der Waals surface area contributed by atoms with Crippen LogP contribution < -0.4 is 15.7 Å². The van der Waals surface area contributed by atoms with Crippen LogP contribution in [0.4, 0.5) is 11.6 Å². The molecule has 0 saturated heterocycles. The fourth-order valence-electron chi connectivity index (χ4n) is 4.78. The van der Waals surface area contributed by atoms with E-state index in [1.54, 1.807) is 7.11 Å². The third-order valence-corrected chi connectivity index (χ3v) is 6.29. The molecule has 7 nitrogen and oxygen atoms in total. The van der Waals surface area contributed by atoms with Gasteiger partial charge in [-0.15, -0.1) is 0 Å². The van der Waals surface area contributed by atoms with Crippen molar-refractivity contribution in [3.8, 4) is 5.75 Å². The lowest BCUT2D eigenvalue weighted by molar-refractivity contribution is 0.348. The van der Waals surface area contributed by atoms with Gasteiger partial charge in [-0.3, -0.25) is 9.13 Å². The molecule has 7 heteroatoms. The number of hydrogen-bond acceptors (Lipinski definition) is 5. The molecule has 5 rings (SSSR count). The molecule has 2 aliphatic rings. The molecule has 1 fully saturated rings. The van der Waals surface area contributed by atoms with E-state index in [2.05, 4.69) is 5.32 Å². The number of imidazole rings is 1. The maximum absolute atomic E-state index is 13.2. The summed E-state index contributed by atoms with van der Waals surface area (Å²) in [7, 11) is 1.67. The highest BCUT2D eigenvalue weighted by atomic mass is 16.5. The SMILES string of the molecule is COc1ccc(Nc2nc3c4c(n2)n(C2CCCCC2)c(=O)n4CCC3)c(C)c1. The second-order valence-electron chi connectivity index (χ2n) is 8.17. The third-order valence-electron chi connectivity index (χ3n) is 6.29. The first-order valence-corrected chi connectivity index (χ1v) is 10.6. The summed E-state index contributed by atoms with van der Waals surface area (Å²) >= 11 is 0. The zero-order chi connectivity index (χ0) is 20.0. The Labute approximate surface area is 169 Å². The molecule has 1 aliphatic heterocycles. The molecule has 0 bridgehead atoms. The van der Waals surface area contributed by atoms with Gasteiger partial charge < -0.3 is 10.1 Å². The molecular formula is C22H27N5O2. The summed E-state index contributed by atoms with van der Waals surface area (Å²) in [6.07, 6.45) is 7.54. The van der Waals surface area contributed by atoms with Crippen LogP contribution in [0.2, 0.25) is 0 Å². The summed E-state index contributed by atoms with van der Waals surface area (Å²) in [6.45, 7) is 2.79. The summed E-state index contributed by atoms with van der Waals surface area (Å²) in [6, 6.07) is 6.13. The van der Waals surface area contributed by atoms with Gasteiger partial charge in [-0.1, -0.05) is 19.3 Å². The molecule has 0 atom stereocenters. The Morgan fingerprint density at radius 2 is 1.97 bits per heavy atom. The van der Waals surface area contributed by atoms with Crippen LogP contribution in [0.3, 0.4) is 0 Å². The molecule has 152 valence electrons. The van der Waals surface area contributed by atoms with Gasteiger partial charge in [0.1, 0.15) is 11.3 Å². The zero-order valence-electron chi connectivity index (χ0n) is 17.1. The van der Waals surface area contributed by atoms with Crippen molar-refractivity contribution in [1.82, 2.24) is 19.1 Å². The van der Waals surface area contributed by atoms with Crippen LogP contribution in [0.5, 0.6) is 5.75 Å². The lowest BCUT2D eigenvalue weighted by atomic mass is 9.95. The summed E-state index contributed by atoms with van der Waals surface area (Å²) in [5.74, 6) is 1.38. The van der Waals surface area contributed by atoms with Crippen molar-refractivity contribution in [3.63, 3.8) is 0 Å². The van der Waals surface area contributed by atoms with Gasteiger partial charge in [0.25, 0.3) is 0 Å². The Kier molecular flexibility index (Phi) is 4.53. The van der Waals surface area contributed by atoms with E-state index >= 15 is 0 Å². The molecule has 0 radical (unpaired) electrons. The molecule has 2 aromatic heterocycles. The number of nitrogens with zero attached hydrogens (tertiary/aromatic N) is 4. The molecule has 1 saturated carbocycles. The maximum atomic E-state index is 13.2. The smallest absolute Gasteiger partial charge is 0.330 e. The van der Waals surface area contributed by atoms with Gasteiger partial charge in [0.15, 0.2) is 5.65 Å². The molecule has 29 heavy (non-hydrogen) atoms. The van der Waals surface area contributed by atoms with E-state index in [9.17, 15) is 4.79 Å². The number of methoxy groups -OCH3 is 1. The molecular weight excluding hydrogens is 366 g/mol. The van der Waals surface area contributed by atoms with Crippen LogP contribution in [-0.4, -0.2) is 26.2 Å². The molecule has 0 unspecified atom stereocenters. The highest BCUT2D eigenvalue weighted by Crippen LogP contribution is 2.32. The lowest BCUT2D eigenvalue weighted by Gasteiger charge is -2.22. The number of ether oxygens (including phenoxy) is 1. The number of aryl methyl sites for hydroxylation is 3. The van der Waals surface area contributed by atoms with Crippen LogP contribution in [0.25, 0.3) is 11.2 Å². The van der Waals surface area contributed by atoms with Crippen LogP contribution in [-0.2, 0) is 13.0 Å². The fraction of sp³-hybridized carbons (Fsp3) is 0.500. The number of rotatable bonds is 4. The van der Waals surface area contributed by atoms with E-state index < -0.39 is 0 Å². The van der Waals surface area contributed by atoms with Gasteiger partial charge in [-0.05, 0) is 56.4 Å². The minimum atomic E-state index is 0.0833. The van der Waals surface area contributed by atoms with Gasteiger partial charge in [0, 0.05) is 18.3 Å². The van der Waals surface area contributed by atoms with Crippen LogP contribution >= 0.6 is 0 Å². The van der Waals surface area contributed by atoms with E-state index in [0.29, 0.717) is 5.95 Å². The van der Waals surface area contributed by atoms with Gasteiger partial charge in [-0.2, -0.15) is 4.98 Å². The summed E-state index contributed by atoms with van der Waals surface area (Å²) in [5, 5.41) is 3.37. The van der Waals surface area contributed by atoms with Gasteiger partial charge in [0.05, 0.1) is 12.8 Å². The predicted octanol–water partition coefficient (Wildman–Crippen LogP) is 4.11. The number of hydrogen-bond donors (Lipinski definition) is 1. The summed E-state index contributed by atoms with van der Waals surface area (Å²) in [5.41, 5.74) is 4.79. The van der Waals surface area contributed by atoms with Crippen LogP contribution in [0.15, 0.2) is 23.0 Å². The molecule has 3 aromatic rings. The molecule has 1 aromatic carbocycles. The van der Waals surface area contributed by atoms with Crippen LogP contribution in [0.1, 0.15) is 55.8 Å². The zero-order valence-corrected chi connectivity index (χ0v) is 17.1. The lowest BCUT2D eigenvalue weighted by Crippen LogP contribution is -2.29. The number of anilines is 2. The average Bonchev–Trinajstić information content (AvgIpc) is 3.03. The number of nitrogens with one attached hydrogen (secondary N) is 1. The van der Waals surface area contributed by atoms with Crippen molar-refractivity contribution >= 4 is 22.8 Å². The summed E-state index contributed by atoms with van der Waals surface area (Å²) < 4.78 is 9.15. The highest BCUT2D eigenvalue weighted by molar-refractivity contribution is 5.77. The van der Waals surface area contributed by atoms with Gasteiger partial charge >= 0.3 is 5.69 Å². The van der Waals surface area contributed by atoms with Crippen molar-refractivity contribution in [2.45, 2.75) is 64.5 Å². The Morgan fingerprint density at radius 1 is 1.14 bits per heavy atom. The van der Waals surface area contributed by atoms with Crippen molar-refractivity contribution in [2.24, 2.45) is 0 Å². The summed E-state index contributed by atoms with van der Waals surface area (Å²) in [4.78, 5) is 22.8. The Balaban J connectivity index is 1.62. The molecule has 1 aliphatic carbocycles. The molecule has 1 N–H and O–H groups in total. The van der Waals surface area contributed by atoms with Gasteiger partial charge in [0.2, 0.25) is 5.95 Å². The van der Waals surface area contributed by atoms with Crippen molar-refractivity contribution in [1.29, 1.82) is 0 Å². The topological polar surface area (TPSA) is 74.0 Å². The number of aromatic nitrogens is 4. The molecule has 0 spiro atoms. The van der Waals surface area contributed by atoms with Crippen molar-refractivity contribution in [2.75, 3.05) is 12.4 Å². The molecule has 0 amide bonds. The van der Waals surface area contributed by atoms with E-state index in [1.165, 1.54) is 19.3 Å². The predicted molar refractivity (Wildman–Crippen MR) is 113 cm³/mol. The van der Waals surface area contributed by atoms with E-state index in [1.807, 2.05) is 34.3 Å². The Bertz CT molecular complexity index is 1120. The van der Waals surface area contributed by atoms with Gasteiger partial charge in [-0.25, -0.2) is 9.78 Å². The quantitative estimate of drug-likeness (QED) is 0.722. The van der Waals surface area contributed by atoms with E-state index in [-0.39, 0.29) is 11.7 Å². The first kappa shape index (κ1) is 18.2. The monoisotopic (exact) mass is 393 g/mol. The largest absolute Gasteiger partial charge is 0.497 e. The maximum Gasteiger partial charge on any atom is 0.330 e. The average molecular weight is 393 g/mol. The van der Waals surface area contributed by atoms with Crippen molar-refractivity contribution in [3.05, 3.63) is 39.9 Å². The minimum absolute atomic E-state index is 0.0833. The Morgan fingerprint density at radius 3 is 2.72 bits per heavy atom. The second kappa shape index (κ2) is 7.21. The normalized spacial score (nSPS) is 16.9. The molecule has 3 heterocycles. The van der Waals surface area contributed by atoms with Crippen molar-refractivity contribution < 1.29 is 4.74 Å². The standard InChI is InChI=1S/C22H27N5O2/c1-14-13-16(29-2)10-11-17(14)23-21-24-18-9-6-12-26-19(18)20(25-21)27(22(26)28)15-7-4-3-5-8-15/h10-11,13,15H,3-9,12H2,1-2H3,(H,23,24,25). The second-order valence-corrected chi connectivity index (χ2v) is 8.17.